The topological polar surface area (TPSA) is 40.5 Å². The highest BCUT2D eigenvalue weighted by molar-refractivity contribution is 6.65. The van der Waals surface area contributed by atoms with Gasteiger partial charge in [-0.25, -0.2) is 0 Å². The SMILES string of the molecule is OB(O)c1c(-c2ccc3ccccc3c2)c2ccccc2c2ccccc12. The van der Waals surface area contributed by atoms with Gasteiger partial charge in [0.1, 0.15) is 0 Å². The maximum Gasteiger partial charge on any atom is 0.489 e. The number of benzene rings is 5. The van der Waals surface area contributed by atoms with Crippen LogP contribution in [0.4, 0.5) is 0 Å². The van der Waals surface area contributed by atoms with Crippen molar-refractivity contribution >= 4 is 44.9 Å². The third-order valence-electron chi connectivity index (χ3n) is 5.27. The Morgan fingerprint density at radius 3 is 1.78 bits per heavy atom. The van der Waals surface area contributed by atoms with E-state index in [0.29, 0.717) is 5.46 Å². The molecule has 0 aromatic heterocycles. The van der Waals surface area contributed by atoms with Gasteiger partial charge in [0.05, 0.1) is 0 Å². The molecule has 0 atom stereocenters. The van der Waals surface area contributed by atoms with E-state index in [1.165, 1.54) is 0 Å². The number of hydrogen-bond acceptors (Lipinski definition) is 2. The van der Waals surface area contributed by atoms with E-state index < -0.39 is 7.12 Å². The van der Waals surface area contributed by atoms with E-state index >= 15 is 0 Å². The van der Waals surface area contributed by atoms with E-state index in [-0.39, 0.29) is 0 Å². The number of fused-ring (bicyclic) bond motifs is 4. The molecular formula is C24H17BO2. The minimum Gasteiger partial charge on any atom is -0.423 e. The first kappa shape index (κ1) is 16.1. The minimum atomic E-state index is -1.55. The van der Waals surface area contributed by atoms with Crippen LogP contribution in [0.15, 0.2) is 91.0 Å². The van der Waals surface area contributed by atoms with E-state index in [0.717, 1.165) is 43.4 Å². The van der Waals surface area contributed by atoms with Crippen LogP contribution in [0.5, 0.6) is 0 Å². The van der Waals surface area contributed by atoms with Gasteiger partial charge in [0, 0.05) is 0 Å². The summed E-state index contributed by atoms with van der Waals surface area (Å²) >= 11 is 0. The third kappa shape index (κ3) is 2.52. The lowest BCUT2D eigenvalue weighted by molar-refractivity contribution is 0.426. The summed E-state index contributed by atoms with van der Waals surface area (Å²) in [5, 5.41) is 26.9. The van der Waals surface area contributed by atoms with Crippen LogP contribution in [0.1, 0.15) is 0 Å². The second-order valence-electron chi connectivity index (χ2n) is 6.82. The Morgan fingerprint density at radius 2 is 1.07 bits per heavy atom. The Kier molecular flexibility index (Phi) is 3.71. The van der Waals surface area contributed by atoms with Crippen molar-refractivity contribution in [3.05, 3.63) is 91.0 Å². The molecule has 5 rings (SSSR count). The predicted molar refractivity (Wildman–Crippen MR) is 114 cm³/mol. The Balaban J connectivity index is 1.98. The molecule has 0 bridgehead atoms. The Morgan fingerprint density at radius 1 is 0.519 bits per heavy atom. The number of rotatable bonds is 2. The average Bonchev–Trinajstić information content (AvgIpc) is 2.72. The molecule has 0 radical (unpaired) electrons. The summed E-state index contributed by atoms with van der Waals surface area (Å²) in [7, 11) is -1.55. The van der Waals surface area contributed by atoms with Crippen LogP contribution in [0, 0.1) is 0 Å². The summed E-state index contributed by atoms with van der Waals surface area (Å²) in [6, 6.07) is 30.6. The fourth-order valence-electron chi connectivity index (χ4n) is 4.09. The van der Waals surface area contributed by atoms with Gasteiger partial charge in [0.2, 0.25) is 0 Å². The largest absolute Gasteiger partial charge is 0.489 e. The van der Waals surface area contributed by atoms with E-state index in [4.69, 9.17) is 0 Å². The van der Waals surface area contributed by atoms with Crippen molar-refractivity contribution in [3.63, 3.8) is 0 Å². The van der Waals surface area contributed by atoms with Crippen molar-refractivity contribution in [2.75, 3.05) is 0 Å². The van der Waals surface area contributed by atoms with Gasteiger partial charge in [-0.05, 0) is 55.0 Å². The maximum absolute atomic E-state index is 10.3. The van der Waals surface area contributed by atoms with Crippen LogP contribution in [0.25, 0.3) is 43.4 Å². The smallest absolute Gasteiger partial charge is 0.423 e. The van der Waals surface area contributed by atoms with E-state index in [2.05, 4.69) is 42.5 Å². The average molecular weight is 348 g/mol. The molecule has 5 aromatic rings. The molecule has 0 spiro atoms. The third-order valence-corrected chi connectivity index (χ3v) is 5.27. The summed E-state index contributed by atoms with van der Waals surface area (Å²) in [5.41, 5.74) is 2.42. The molecule has 128 valence electrons. The molecule has 0 saturated heterocycles. The van der Waals surface area contributed by atoms with Crippen LogP contribution in [0.2, 0.25) is 0 Å². The van der Waals surface area contributed by atoms with Gasteiger partial charge in [-0.15, -0.1) is 0 Å². The van der Waals surface area contributed by atoms with Gasteiger partial charge in [-0.3, -0.25) is 0 Å². The number of hydrogen-bond donors (Lipinski definition) is 2. The minimum absolute atomic E-state index is 0.555. The fourth-order valence-corrected chi connectivity index (χ4v) is 4.09. The first-order chi connectivity index (χ1) is 13.2. The van der Waals surface area contributed by atoms with Crippen molar-refractivity contribution in [3.8, 4) is 11.1 Å². The lowest BCUT2D eigenvalue weighted by atomic mass is 9.70. The van der Waals surface area contributed by atoms with Crippen LogP contribution in [-0.4, -0.2) is 17.2 Å². The molecule has 0 unspecified atom stereocenters. The maximum atomic E-state index is 10.3. The van der Waals surface area contributed by atoms with Crippen LogP contribution in [0.3, 0.4) is 0 Å². The molecule has 2 nitrogen and oxygen atoms in total. The quantitative estimate of drug-likeness (QED) is 0.364. The monoisotopic (exact) mass is 348 g/mol. The van der Waals surface area contributed by atoms with E-state index in [1.54, 1.807) is 0 Å². The molecule has 0 fully saturated rings. The van der Waals surface area contributed by atoms with Crippen molar-refractivity contribution in [2.24, 2.45) is 0 Å². The molecule has 3 heteroatoms. The summed E-state index contributed by atoms with van der Waals surface area (Å²) in [6.45, 7) is 0. The molecule has 0 amide bonds. The highest BCUT2D eigenvalue weighted by atomic mass is 16.4. The van der Waals surface area contributed by atoms with Crippen LogP contribution in [-0.2, 0) is 0 Å². The zero-order valence-corrected chi connectivity index (χ0v) is 14.6. The molecular weight excluding hydrogens is 331 g/mol. The Labute approximate surface area is 157 Å². The normalized spacial score (nSPS) is 11.3. The van der Waals surface area contributed by atoms with Crippen molar-refractivity contribution < 1.29 is 10.0 Å². The van der Waals surface area contributed by atoms with Gasteiger partial charge in [-0.2, -0.15) is 0 Å². The molecule has 5 aromatic carbocycles. The highest BCUT2D eigenvalue weighted by Crippen LogP contribution is 2.34. The molecule has 0 heterocycles. The van der Waals surface area contributed by atoms with Gasteiger partial charge in [0.15, 0.2) is 0 Å². The lowest BCUT2D eigenvalue weighted by Gasteiger charge is -2.18. The zero-order chi connectivity index (χ0) is 18.4. The Hall–Kier alpha value is -3.14. The molecule has 0 aliphatic carbocycles. The molecule has 0 aliphatic heterocycles. The summed E-state index contributed by atoms with van der Waals surface area (Å²) in [6.07, 6.45) is 0. The molecule has 0 aliphatic rings. The van der Waals surface area contributed by atoms with Crippen molar-refractivity contribution in [2.45, 2.75) is 0 Å². The van der Waals surface area contributed by atoms with Crippen LogP contribution >= 0.6 is 0 Å². The summed E-state index contributed by atoms with van der Waals surface area (Å²) < 4.78 is 0. The second-order valence-corrected chi connectivity index (χ2v) is 6.82. The molecule has 0 saturated carbocycles. The van der Waals surface area contributed by atoms with E-state index in [9.17, 15) is 10.0 Å². The first-order valence-electron chi connectivity index (χ1n) is 9.03. The first-order valence-corrected chi connectivity index (χ1v) is 9.03. The van der Waals surface area contributed by atoms with Gasteiger partial charge < -0.3 is 10.0 Å². The second kappa shape index (κ2) is 6.24. The van der Waals surface area contributed by atoms with Crippen molar-refractivity contribution in [1.82, 2.24) is 0 Å². The lowest BCUT2D eigenvalue weighted by Crippen LogP contribution is -2.32. The van der Waals surface area contributed by atoms with Crippen molar-refractivity contribution in [1.29, 1.82) is 0 Å². The van der Waals surface area contributed by atoms with Gasteiger partial charge >= 0.3 is 7.12 Å². The van der Waals surface area contributed by atoms with Gasteiger partial charge in [-0.1, -0.05) is 84.9 Å². The molecule has 27 heavy (non-hydrogen) atoms. The molecule has 2 N–H and O–H groups in total. The Bertz CT molecular complexity index is 1310. The zero-order valence-electron chi connectivity index (χ0n) is 14.6. The van der Waals surface area contributed by atoms with E-state index in [1.807, 2.05) is 48.5 Å². The van der Waals surface area contributed by atoms with Gasteiger partial charge in [0.25, 0.3) is 0 Å². The standard InChI is InChI=1S/C24H17BO2/c26-25(27)24-22-12-6-4-10-20(22)19-9-3-5-11-21(19)23(24)18-14-13-16-7-1-2-8-17(16)15-18/h1-15,26-27H. The summed E-state index contributed by atoms with van der Waals surface area (Å²) in [4.78, 5) is 0. The summed E-state index contributed by atoms with van der Waals surface area (Å²) in [5.74, 6) is 0. The predicted octanol–water partition coefficient (Wildman–Crippen LogP) is 4.49. The highest BCUT2D eigenvalue weighted by Gasteiger charge is 2.23. The fraction of sp³-hybridized carbons (Fsp3) is 0. The van der Waals surface area contributed by atoms with Crippen LogP contribution < -0.4 is 5.46 Å².